The fraction of sp³-hybridized carbons (Fsp3) is 0.333. The molecule has 19 heavy (non-hydrogen) atoms. The summed E-state index contributed by atoms with van der Waals surface area (Å²) in [4.78, 5) is 25.4. The third kappa shape index (κ3) is 3.68. The molecule has 0 saturated carbocycles. The molecule has 0 aromatic heterocycles. The Morgan fingerprint density at radius 3 is 2.37 bits per heavy atom. The lowest BCUT2D eigenvalue weighted by Gasteiger charge is -2.17. The van der Waals surface area contributed by atoms with Crippen molar-refractivity contribution >= 4 is 17.9 Å². The highest BCUT2D eigenvalue weighted by molar-refractivity contribution is 6.01. The van der Waals surface area contributed by atoms with Gasteiger partial charge in [-0.05, 0) is 24.5 Å². The van der Waals surface area contributed by atoms with E-state index in [-0.39, 0.29) is 11.8 Å². The molecule has 1 heterocycles. The van der Waals surface area contributed by atoms with Crippen LogP contribution >= 0.6 is 0 Å². The Bertz CT molecular complexity index is 488. The zero-order valence-corrected chi connectivity index (χ0v) is 11.1. The Labute approximate surface area is 113 Å². The summed E-state index contributed by atoms with van der Waals surface area (Å²) < 4.78 is 0. The van der Waals surface area contributed by atoms with Crippen molar-refractivity contribution in [3.63, 3.8) is 0 Å². The van der Waals surface area contributed by atoms with Crippen LogP contribution < -0.4 is 5.32 Å². The van der Waals surface area contributed by atoms with Crippen molar-refractivity contribution in [2.24, 2.45) is 0 Å². The van der Waals surface area contributed by atoms with Crippen LogP contribution in [0.15, 0.2) is 36.0 Å². The van der Waals surface area contributed by atoms with Gasteiger partial charge < -0.3 is 10.2 Å². The predicted molar refractivity (Wildman–Crippen MR) is 74.0 cm³/mol. The topological polar surface area (TPSA) is 49.4 Å². The standard InChI is InChI=1S/C15H18N2O2/c1-12(18)16-14(11-13-7-3-2-4-8-13)15(19)17-9-5-6-10-17/h2-4,7-8,11H,5-6,9-10H2,1H3,(H,16,18)/b14-11+. The first kappa shape index (κ1) is 13.3. The lowest BCUT2D eigenvalue weighted by Crippen LogP contribution is -2.35. The molecule has 100 valence electrons. The molecule has 0 spiro atoms. The molecule has 0 radical (unpaired) electrons. The third-order valence-electron chi connectivity index (χ3n) is 3.04. The molecule has 1 saturated heterocycles. The summed E-state index contributed by atoms with van der Waals surface area (Å²) in [5.41, 5.74) is 1.25. The minimum absolute atomic E-state index is 0.100. The normalized spacial score (nSPS) is 15.4. The van der Waals surface area contributed by atoms with Crippen LogP contribution in [0.4, 0.5) is 0 Å². The fourth-order valence-corrected chi connectivity index (χ4v) is 2.15. The predicted octanol–water partition coefficient (Wildman–Crippen LogP) is 1.79. The van der Waals surface area contributed by atoms with Crippen molar-refractivity contribution in [1.82, 2.24) is 10.2 Å². The van der Waals surface area contributed by atoms with Gasteiger partial charge in [0.25, 0.3) is 5.91 Å². The van der Waals surface area contributed by atoms with E-state index in [0.717, 1.165) is 31.5 Å². The summed E-state index contributed by atoms with van der Waals surface area (Å²) in [6, 6.07) is 9.52. The smallest absolute Gasteiger partial charge is 0.270 e. The van der Waals surface area contributed by atoms with Crippen LogP contribution in [0.1, 0.15) is 25.3 Å². The Morgan fingerprint density at radius 1 is 1.16 bits per heavy atom. The molecule has 1 aromatic carbocycles. The number of amides is 2. The first-order valence-corrected chi connectivity index (χ1v) is 6.50. The zero-order valence-electron chi connectivity index (χ0n) is 11.1. The van der Waals surface area contributed by atoms with Crippen molar-refractivity contribution in [3.8, 4) is 0 Å². The molecule has 0 unspecified atom stereocenters. The monoisotopic (exact) mass is 258 g/mol. The first-order chi connectivity index (χ1) is 9.16. The van der Waals surface area contributed by atoms with Gasteiger partial charge >= 0.3 is 0 Å². The summed E-state index contributed by atoms with van der Waals surface area (Å²) >= 11 is 0. The number of likely N-dealkylation sites (tertiary alicyclic amines) is 1. The SMILES string of the molecule is CC(=O)N/C(=C/c1ccccc1)C(=O)N1CCCC1. The number of hydrogen-bond acceptors (Lipinski definition) is 2. The van der Waals surface area contributed by atoms with Crippen LogP contribution in [0.3, 0.4) is 0 Å². The number of nitrogens with zero attached hydrogens (tertiary/aromatic N) is 1. The van der Waals surface area contributed by atoms with Gasteiger partial charge in [0.1, 0.15) is 5.70 Å². The maximum atomic E-state index is 12.3. The third-order valence-corrected chi connectivity index (χ3v) is 3.04. The van der Waals surface area contributed by atoms with E-state index < -0.39 is 0 Å². The average Bonchev–Trinajstić information content (AvgIpc) is 2.91. The molecular formula is C15H18N2O2. The minimum Gasteiger partial charge on any atom is -0.337 e. The Kier molecular flexibility index (Phi) is 4.34. The van der Waals surface area contributed by atoms with Crippen molar-refractivity contribution < 1.29 is 9.59 Å². The fourth-order valence-electron chi connectivity index (χ4n) is 2.15. The molecule has 1 aliphatic heterocycles. The number of nitrogens with one attached hydrogen (secondary N) is 1. The molecule has 4 heteroatoms. The van der Waals surface area contributed by atoms with E-state index in [0.29, 0.717) is 5.70 Å². The lowest BCUT2D eigenvalue weighted by atomic mass is 10.2. The highest BCUT2D eigenvalue weighted by Crippen LogP contribution is 2.13. The second-order valence-electron chi connectivity index (χ2n) is 4.65. The van der Waals surface area contributed by atoms with Crippen LogP contribution in [0.5, 0.6) is 0 Å². The second-order valence-corrected chi connectivity index (χ2v) is 4.65. The highest BCUT2D eigenvalue weighted by Gasteiger charge is 2.22. The molecule has 2 rings (SSSR count). The van der Waals surface area contributed by atoms with Gasteiger partial charge in [0.15, 0.2) is 0 Å². The van der Waals surface area contributed by atoms with Gasteiger partial charge in [0, 0.05) is 20.0 Å². The summed E-state index contributed by atoms with van der Waals surface area (Å²) in [6.07, 6.45) is 3.79. The number of carbonyl (C=O) groups is 2. The first-order valence-electron chi connectivity index (χ1n) is 6.50. The van der Waals surface area contributed by atoms with E-state index in [2.05, 4.69) is 5.32 Å². The maximum Gasteiger partial charge on any atom is 0.270 e. The largest absolute Gasteiger partial charge is 0.337 e. The van der Waals surface area contributed by atoms with Crippen LogP contribution in [-0.4, -0.2) is 29.8 Å². The van der Waals surface area contributed by atoms with Gasteiger partial charge in [-0.25, -0.2) is 0 Å². The van der Waals surface area contributed by atoms with Gasteiger partial charge in [-0.2, -0.15) is 0 Å². The quantitative estimate of drug-likeness (QED) is 0.840. The number of hydrogen-bond donors (Lipinski definition) is 1. The lowest BCUT2D eigenvalue weighted by molar-refractivity contribution is -0.128. The number of rotatable bonds is 3. The molecule has 4 nitrogen and oxygen atoms in total. The van der Waals surface area contributed by atoms with Crippen LogP contribution in [0.2, 0.25) is 0 Å². The highest BCUT2D eigenvalue weighted by atomic mass is 16.2. The van der Waals surface area contributed by atoms with Gasteiger partial charge in [0.2, 0.25) is 5.91 Å². The Balaban J connectivity index is 2.22. The molecule has 1 N–H and O–H groups in total. The summed E-state index contributed by atoms with van der Waals surface area (Å²) in [7, 11) is 0. The van der Waals surface area contributed by atoms with E-state index in [4.69, 9.17) is 0 Å². The number of benzene rings is 1. The van der Waals surface area contributed by atoms with Crippen molar-refractivity contribution in [2.45, 2.75) is 19.8 Å². The second kappa shape index (κ2) is 6.18. The molecule has 2 amide bonds. The number of carbonyl (C=O) groups excluding carboxylic acids is 2. The zero-order chi connectivity index (χ0) is 13.7. The Morgan fingerprint density at radius 2 is 1.79 bits per heavy atom. The van der Waals surface area contributed by atoms with Crippen LogP contribution in [-0.2, 0) is 9.59 Å². The molecule has 0 atom stereocenters. The molecular weight excluding hydrogens is 240 g/mol. The molecule has 1 aromatic rings. The summed E-state index contributed by atoms with van der Waals surface area (Å²) in [5, 5.41) is 2.64. The summed E-state index contributed by atoms with van der Waals surface area (Å²) in [5.74, 6) is -0.328. The molecule has 0 aliphatic carbocycles. The van der Waals surface area contributed by atoms with Gasteiger partial charge in [-0.15, -0.1) is 0 Å². The van der Waals surface area contributed by atoms with Gasteiger partial charge in [0.05, 0.1) is 0 Å². The van der Waals surface area contributed by atoms with E-state index >= 15 is 0 Å². The van der Waals surface area contributed by atoms with E-state index in [1.54, 1.807) is 11.0 Å². The summed E-state index contributed by atoms with van der Waals surface area (Å²) in [6.45, 7) is 2.95. The minimum atomic E-state index is -0.227. The van der Waals surface area contributed by atoms with E-state index in [1.807, 2.05) is 30.3 Å². The van der Waals surface area contributed by atoms with Crippen molar-refractivity contribution in [3.05, 3.63) is 41.6 Å². The van der Waals surface area contributed by atoms with Gasteiger partial charge in [-0.1, -0.05) is 30.3 Å². The van der Waals surface area contributed by atoms with Crippen LogP contribution in [0, 0.1) is 0 Å². The Hall–Kier alpha value is -2.10. The van der Waals surface area contributed by atoms with Crippen LogP contribution in [0.25, 0.3) is 6.08 Å². The van der Waals surface area contributed by atoms with Crippen molar-refractivity contribution in [1.29, 1.82) is 0 Å². The van der Waals surface area contributed by atoms with Gasteiger partial charge in [-0.3, -0.25) is 9.59 Å². The molecule has 0 bridgehead atoms. The van der Waals surface area contributed by atoms with E-state index in [9.17, 15) is 9.59 Å². The molecule has 1 fully saturated rings. The van der Waals surface area contributed by atoms with E-state index in [1.165, 1.54) is 6.92 Å². The maximum absolute atomic E-state index is 12.3. The molecule has 1 aliphatic rings. The average molecular weight is 258 g/mol. The van der Waals surface area contributed by atoms with Crippen molar-refractivity contribution in [2.75, 3.05) is 13.1 Å².